The summed E-state index contributed by atoms with van der Waals surface area (Å²) in [6.45, 7) is 2.21. The quantitative estimate of drug-likeness (QED) is 0.472. The number of rotatable bonds is 6. The van der Waals surface area contributed by atoms with E-state index in [0.29, 0.717) is 5.88 Å². The van der Waals surface area contributed by atoms with E-state index in [9.17, 15) is 0 Å². The molecule has 0 bridgehead atoms. The van der Waals surface area contributed by atoms with Gasteiger partial charge in [-0.1, -0.05) is 50.5 Å². The van der Waals surface area contributed by atoms with Crippen LogP contribution >= 0.6 is 23.2 Å². The topological polar surface area (TPSA) is 0 Å². The van der Waals surface area contributed by atoms with Gasteiger partial charge >= 0.3 is 0 Å². The zero-order valence-electron chi connectivity index (χ0n) is 9.18. The summed E-state index contributed by atoms with van der Waals surface area (Å²) in [5.74, 6) is 0.572. The summed E-state index contributed by atoms with van der Waals surface area (Å²) < 4.78 is 0. The first-order valence-corrected chi connectivity index (χ1v) is 6.54. The molecule has 0 aliphatic heterocycles. The molecule has 0 heterocycles. The molecule has 0 N–H and O–H groups in total. The normalized spacial score (nSPS) is 12.7. The third kappa shape index (κ3) is 4.44. The van der Waals surface area contributed by atoms with Crippen molar-refractivity contribution in [3.8, 4) is 0 Å². The molecule has 15 heavy (non-hydrogen) atoms. The predicted molar refractivity (Wildman–Crippen MR) is 68.7 cm³/mol. The molecule has 1 unspecified atom stereocenters. The van der Waals surface area contributed by atoms with Crippen molar-refractivity contribution in [3.05, 3.63) is 35.4 Å². The molecule has 84 valence electrons. The molecule has 0 aliphatic carbocycles. The van der Waals surface area contributed by atoms with Gasteiger partial charge in [-0.05, 0) is 17.5 Å². The van der Waals surface area contributed by atoms with Crippen molar-refractivity contribution in [2.75, 3.05) is 0 Å². The Morgan fingerprint density at radius 1 is 1.13 bits per heavy atom. The zero-order chi connectivity index (χ0) is 11.1. The second-order valence-corrected chi connectivity index (χ2v) is 4.63. The zero-order valence-corrected chi connectivity index (χ0v) is 10.7. The Morgan fingerprint density at radius 3 is 2.33 bits per heavy atom. The minimum absolute atomic E-state index is 0.154. The number of hydrogen-bond acceptors (Lipinski definition) is 0. The maximum Gasteiger partial charge on any atom is 0.0585 e. The van der Waals surface area contributed by atoms with Gasteiger partial charge in [0.15, 0.2) is 0 Å². The van der Waals surface area contributed by atoms with E-state index in [1.165, 1.54) is 24.8 Å². The van der Waals surface area contributed by atoms with Crippen LogP contribution in [0.25, 0.3) is 0 Å². The van der Waals surface area contributed by atoms with Crippen LogP contribution in [0.4, 0.5) is 0 Å². The predicted octanol–water partition coefficient (Wildman–Crippen LogP) is 5.29. The van der Waals surface area contributed by atoms with Gasteiger partial charge in [0.05, 0.1) is 5.38 Å². The second kappa shape index (κ2) is 7.14. The smallest absolute Gasteiger partial charge is 0.0585 e. The Bertz CT molecular complexity index is 266. The number of unbranched alkanes of at least 4 members (excludes halogenated alkanes) is 2. The molecule has 1 aromatic rings. The van der Waals surface area contributed by atoms with Gasteiger partial charge in [-0.15, -0.1) is 23.2 Å². The van der Waals surface area contributed by atoms with Crippen LogP contribution in [-0.4, -0.2) is 0 Å². The number of halogens is 2. The average molecular weight is 245 g/mol. The molecule has 2 heteroatoms. The van der Waals surface area contributed by atoms with Crippen LogP contribution in [0.1, 0.15) is 49.1 Å². The third-order valence-corrected chi connectivity index (χ3v) is 3.34. The van der Waals surface area contributed by atoms with Gasteiger partial charge in [0, 0.05) is 5.88 Å². The molecule has 1 atom stereocenters. The lowest BCUT2D eigenvalue weighted by molar-refractivity contribution is 0.655. The van der Waals surface area contributed by atoms with Gasteiger partial charge in [-0.2, -0.15) is 0 Å². The minimum Gasteiger partial charge on any atom is -0.122 e. The van der Waals surface area contributed by atoms with Gasteiger partial charge < -0.3 is 0 Å². The molecule has 0 amide bonds. The van der Waals surface area contributed by atoms with Gasteiger partial charge in [0.1, 0.15) is 0 Å². The van der Waals surface area contributed by atoms with Crippen LogP contribution in [0, 0.1) is 0 Å². The second-order valence-electron chi connectivity index (χ2n) is 3.84. The van der Waals surface area contributed by atoms with Crippen LogP contribution in [0.5, 0.6) is 0 Å². The van der Waals surface area contributed by atoms with Gasteiger partial charge in [0.25, 0.3) is 0 Å². The van der Waals surface area contributed by atoms with E-state index >= 15 is 0 Å². The van der Waals surface area contributed by atoms with Crippen molar-refractivity contribution in [2.24, 2.45) is 0 Å². The summed E-state index contributed by atoms with van der Waals surface area (Å²) >= 11 is 12.0. The Hall–Kier alpha value is -0.200. The van der Waals surface area contributed by atoms with Crippen molar-refractivity contribution < 1.29 is 0 Å². The Labute approximate surface area is 103 Å². The highest BCUT2D eigenvalue weighted by Gasteiger charge is 2.06. The van der Waals surface area contributed by atoms with Crippen molar-refractivity contribution in [2.45, 2.75) is 43.9 Å². The Balaban J connectivity index is 2.46. The maximum absolute atomic E-state index is 6.30. The summed E-state index contributed by atoms with van der Waals surface area (Å²) in [6.07, 6.45) is 4.79. The Kier molecular flexibility index (Phi) is 6.12. The van der Waals surface area contributed by atoms with Crippen LogP contribution in [0.2, 0.25) is 0 Å². The lowest BCUT2D eigenvalue weighted by Gasteiger charge is -2.09. The first-order chi connectivity index (χ1) is 7.27. The highest BCUT2D eigenvalue weighted by molar-refractivity contribution is 6.20. The molecule has 0 radical (unpaired) electrons. The van der Waals surface area contributed by atoms with Crippen LogP contribution < -0.4 is 0 Å². The average Bonchev–Trinajstić information content (AvgIpc) is 2.29. The first-order valence-electron chi connectivity index (χ1n) is 5.56. The molecule has 0 aliphatic rings. The number of benzene rings is 1. The summed E-state index contributed by atoms with van der Waals surface area (Å²) in [5.41, 5.74) is 2.36. The highest BCUT2D eigenvalue weighted by Crippen LogP contribution is 2.26. The van der Waals surface area contributed by atoms with E-state index in [1.807, 2.05) is 0 Å². The number of hydrogen-bond donors (Lipinski definition) is 0. The lowest BCUT2D eigenvalue weighted by atomic mass is 10.0. The van der Waals surface area contributed by atoms with E-state index in [2.05, 4.69) is 31.2 Å². The van der Waals surface area contributed by atoms with Crippen molar-refractivity contribution in [3.63, 3.8) is 0 Å². The fraction of sp³-hybridized carbons (Fsp3) is 0.538. The van der Waals surface area contributed by atoms with Crippen molar-refractivity contribution in [1.82, 2.24) is 0 Å². The van der Waals surface area contributed by atoms with Gasteiger partial charge in [0.2, 0.25) is 0 Å². The van der Waals surface area contributed by atoms with E-state index in [0.717, 1.165) is 12.0 Å². The highest BCUT2D eigenvalue weighted by atomic mass is 35.5. The van der Waals surface area contributed by atoms with E-state index in [-0.39, 0.29) is 5.38 Å². The number of alkyl halides is 2. The van der Waals surface area contributed by atoms with Gasteiger partial charge in [-0.3, -0.25) is 0 Å². The van der Waals surface area contributed by atoms with Crippen molar-refractivity contribution >= 4 is 23.2 Å². The molecule has 0 spiro atoms. The monoisotopic (exact) mass is 244 g/mol. The molecule has 1 rings (SSSR count). The van der Waals surface area contributed by atoms with Crippen molar-refractivity contribution in [1.29, 1.82) is 0 Å². The molecule has 0 saturated carbocycles. The van der Waals surface area contributed by atoms with Gasteiger partial charge in [-0.25, -0.2) is 0 Å². The maximum atomic E-state index is 6.30. The standard InChI is InChI=1S/C13H18Cl2/c1-2-3-4-5-13(15)12-8-6-11(10-14)7-9-12/h6-9,13H,2-5,10H2,1H3. The molecule has 0 nitrogen and oxygen atoms in total. The van der Waals surface area contributed by atoms with Crippen LogP contribution in [-0.2, 0) is 5.88 Å². The minimum atomic E-state index is 0.154. The lowest BCUT2D eigenvalue weighted by Crippen LogP contribution is -1.91. The molecule has 0 aromatic heterocycles. The van der Waals surface area contributed by atoms with E-state index in [1.54, 1.807) is 0 Å². The SMILES string of the molecule is CCCCCC(Cl)c1ccc(CCl)cc1. The van der Waals surface area contributed by atoms with E-state index in [4.69, 9.17) is 23.2 Å². The first kappa shape index (κ1) is 12.9. The van der Waals surface area contributed by atoms with Crippen LogP contribution in [0.15, 0.2) is 24.3 Å². The van der Waals surface area contributed by atoms with E-state index < -0.39 is 0 Å². The fourth-order valence-electron chi connectivity index (χ4n) is 1.56. The molecule has 0 saturated heterocycles. The summed E-state index contributed by atoms with van der Waals surface area (Å²) in [7, 11) is 0. The van der Waals surface area contributed by atoms with Crippen LogP contribution in [0.3, 0.4) is 0 Å². The molecular weight excluding hydrogens is 227 g/mol. The molecule has 1 aromatic carbocycles. The largest absolute Gasteiger partial charge is 0.122 e. The molecule has 0 fully saturated rings. The summed E-state index contributed by atoms with van der Waals surface area (Å²) in [4.78, 5) is 0. The summed E-state index contributed by atoms with van der Waals surface area (Å²) in [6, 6.07) is 8.28. The summed E-state index contributed by atoms with van der Waals surface area (Å²) in [5, 5.41) is 0.154. The fourth-order valence-corrected chi connectivity index (χ4v) is 2.03. The molecular formula is C13H18Cl2. The third-order valence-electron chi connectivity index (χ3n) is 2.56. The Morgan fingerprint density at radius 2 is 1.80 bits per heavy atom.